The Morgan fingerprint density at radius 2 is 2.00 bits per heavy atom. The molecule has 1 unspecified atom stereocenters. The fourth-order valence-corrected chi connectivity index (χ4v) is 4.96. The molecule has 19 heavy (non-hydrogen) atoms. The minimum Gasteiger partial charge on any atom is -0.316 e. The molecule has 2 rings (SSSR count). The van der Waals surface area contributed by atoms with Crippen molar-refractivity contribution >= 4 is 55.0 Å². The lowest BCUT2D eigenvalue weighted by Crippen LogP contribution is -2.29. The lowest BCUT2D eigenvalue weighted by atomic mass is 10.2. The highest BCUT2D eigenvalue weighted by molar-refractivity contribution is 9.10. The van der Waals surface area contributed by atoms with Crippen molar-refractivity contribution in [1.29, 1.82) is 0 Å². The maximum Gasteiger partial charge on any atom is 0.0314 e. The van der Waals surface area contributed by atoms with E-state index in [1.807, 2.05) is 36.2 Å². The smallest absolute Gasteiger partial charge is 0.0314 e. The van der Waals surface area contributed by atoms with Gasteiger partial charge in [-0.3, -0.25) is 0 Å². The van der Waals surface area contributed by atoms with Gasteiger partial charge < -0.3 is 5.32 Å². The zero-order valence-corrected chi connectivity index (χ0v) is 15.3. The molecular weight excluding hydrogens is 406 g/mol. The molecule has 0 radical (unpaired) electrons. The van der Waals surface area contributed by atoms with Crippen LogP contribution in [0.15, 0.2) is 49.6 Å². The summed E-state index contributed by atoms with van der Waals surface area (Å²) in [5, 5.41) is 5.54. The van der Waals surface area contributed by atoms with Crippen LogP contribution in [0.2, 0.25) is 0 Å². The second-order valence-corrected chi connectivity index (χ2v) is 7.89. The fraction of sp³-hybridized carbons (Fsp3) is 0.286. The van der Waals surface area contributed by atoms with Gasteiger partial charge in [0.1, 0.15) is 0 Å². The fourth-order valence-electron chi connectivity index (χ4n) is 1.69. The van der Waals surface area contributed by atoms with E-state index in [2.05, 4.69) is 66.8 Å². The summed E-state index contributed by atoms with van der Waals surface area (Å²) in [6, 6.07) is 11.0. The van der Waals surface area contributed by atoms with E-state index >= 15 is 0 Å². The van der Waals surface area contributed by atoms with Crippen LogP contribution in [0.25, 0.3) is 0 Å². The summed E-state index contributed by atoms with van der Waals surface area (Å²) < 4.78 is 2.40. The van der Waals surface area contributed by atoms with Crippen molar-refractivity contribution in [1.82, 2.24) is 5.32 Å². The van der Waals surface area contributed by atoms with Crippen LogP contribution in [-0.4, -0.2) is 18.8 Å². The standard InChI is InChI=1S/C14H15Br2NS2/c1-17-10(8-14-12(16)6-7-18-14)9-19-13-5-3-2-4-11(13)15/h2-7,10,17H,8-9H2,1H3. The van der Waals surface area contributed by atoms with E-state index in [0.717, 1.165) is 12.2 Å². The van der Waals surface area contributed by atoms with E-state index in [1.54, 1.807) is 0 Å². The van der Waals surface area contributed by atoms with Crippen molar-refractivity contribution < 1.29 is 0 Å². The van der Waals surface area contributed by atoms with Crippen LogP contribution in [-0.2, 0) is 6.42 Å². The summed E-state index contributed by atoms with van der Waals surface area (Å²) in [5.41, 5.74) is 0. The number of halogens is 2. The summed E-state index contributed by atoms with van der Waals surface area (Å²) in [4.78, 5) is 2.71. The first kappa shape index (κ1) is 15.6. The molecular formula is C14H15Br2NS2. The van der Waals surface area contributed by atoms with Gasteiger partial charge in [-0.2, -0.15) is 0 Å². The van der Waals surface area contributed by atoms with Gasteiger partial charge in [0.25, 0.3) is 0 Å². The van der Waals surface area contributed by atoms with Gasteiger partial charge in [0.05, 0.1) is 0 Å². The molecule has 1 atom stereocenters. The molecule has 1 aromatic heterocycles. The molecule has 5 heteroatoms. The first-order valence-electron chi connectivity index (χ1n) is 5.97. The number of hydrogen-bond acceptors (Lipinski definition) is 3. The third kappa shape index (κ3) is 4.60. The topological polar surface area (TPSA) is 12.0 Å². The van der Waals surface area contributed by atoms with Crippen LogP contribution in [0, 0.1) is 0 Å². The molecule has 1 nitrogen and oxygen atoms in total. The van der Waals surface area contributed by atoms with Crippen LogP contribution in [0.1, 0.15) is 4.88 Å². The van der Waals surface area contributed by atoms with Gasteiger partial charge in [-0.15, -0.1) is 23.1 Å². The predicted molar refractivity (Wildman–Crippen MR) is 93.4 cm³/mol. The van der Waals surface area contributed by atoms with Gasteiger partial charge in [-0.1, -0.05) is 12.1 Å². The summed E-state index contributed by atoms with van der Waals surface area (Å²) >= 11 is 10.9. The van der Waals surface area contributed by atoms with Crippen molar-refractivity contribution in [2.75, 3.05) is 12.8 Å². The largest absolute Gasteiger partial charge is 0.316 e. The molecule has 0 spiro atoms. The lowest BCUT2D eigenvalue weighted by Gasteiger charge is -2.15. The average molecular weight is 421 g/mol. The van der Waals surface area contributed by atoms with E-state index in [-0.39, 0.29) is 0 Å². The highest BCUT2D eigenvalue weighted by Crippen LogP contribution is 2.29. The number of thiophene rings is 1. The third-order valence-electron chi connectivity index (χ3n) is 2.81. The molecule has 0 aliphatic rings. The van der Waals surface area contributed by atoms with Gasteiger partial charge in [0, 0.05) is 30.5 Å². The molecule has 0 fully saturated rings. The molecule has 0 amide bonds. The molecule has 0 aliphatic heterocycles. The van der Waals surface area contributed by atoms with Gasteiger partial charge in [-0.25, -0.2) is 0 Å². The molecule has 0 bridgehead atoms. The predicted octanol–water partition coefficient (Wildman–Crippen LogP) is 5.20. The monoisotopic (exact) mass is 419 g/mol. The average Bonchev–Trinajstić information content (AvgIpc) is 2.81. The minimum atomic E-state index is 0.479. The zero-order chi connectivity index (χ0) is 13.7. The first-order chi connectivity index (χ1) is 9.20. The van der Waals surface area contributed by atoms with Crippen LogP contribution in [0.4, 0.5) is 0 Å². The molecule has 2 aromatic rings. The number of likely N-dealkylation sites (N-methyl/N-ethyl adjacent to an activating group) is 1. The second-order valence-electron chi connectivity index (χ2n) is 4.12. The second kappa shape index (κ2) is 7.84. The Morgan fingerprint density at radius 3 is 2.63 bits per heavy atom. The van der Waals surface area contributed by atoms with Crippen molar-refractivity contribution in [3.63, 3.8) is 0 Å². The Balaban J connectivity index is 1.93. The van der Waals surface area contributed by atoms with Crippen LogP contribution in [0.5, 0.6) is 0 Å². The van der Waals surface area contributed by atoms with E-state index in [0.29, 0.717) is 6.04 Å². The van der Waals surface area contributed by atoms with E-state index in [9.17, 15) is 0 Å². The van der Waals surface area contributed by atoms with E-state index in [4.69, 9.17) is 0 Å². The van der Waals surface area contributed by atoms with Crippen LogP contribution in [0.3, 0.4) is 0 Å². The Kier molecular flexibility index (Phi) is 6.42. The lowest BCUT2D eigenvalue weighted by molar-refractivity contribution is 0.621. The molecule has 0 saturated heterocycles. The SMILES string of the molecule is CNC(CSc1ccccc1Br)Cc1sccc1Br. The molecule has 1 aromatic carbocycles. The summed E-state index contributed by atoms with van der Waals surface area (Å²) in [6.45, 7) is 0. The van der Waals surface area contributed by atoms with Crippen molar-refractivity contribution in [3.05, 3.63) is 49.5 Å². The number of thioether (sulfide) groups is 1. The minimum absolute atomic E-state index is 0.479. The van der Waals surface area contributed by atoms with Gasteiger partial charge >= 0.3 is 0 Å². The highest BCUT2D eigenvalue weighted by Gasteiger charge is 2.12. The number of hydrogen-bond donors (Lipinski definition) is 1. The van der Waals surface area contributed by atoms with Gasteiger partial charge in [0.15, 0.2) is 0 Å². The normalized spacial score (nSPS) is 12.6. The Hall–Kier alpha value is 0.190. The molecule has 1 heterocycles. The van der Waals surface area contributed by atoms with Gasteiger partial charge in [0.2, 0.25) is 0 Å². The Labute approximate surface area is 139 Å². The molecule has 0 aliphatic carbocycles. The van der Waals surface area contributed by atoms with E-state index < -0.39 is 0 Å². The number of nitrogens with one attached hydrogen (secondary N) is 1. The molecule has 1 N–H and O–H groups in total. The number of rotatable bonds is 6. The Morgan fingerprint density at radius 1 is 1.21 bits per heavy atom. The first-order valence-corrected chi connectivity index (χ1v) is 9.42. The van der Waals surface area contributed by atoms with Gasteiger partial charge in [-0.05, 0) is 68.9 Å². The quantitative estimate of drug-likeness (QED) is 0.644. The summed E-state index contributed by atoms with van der Waals surface area (Å²) in [7, 11) is 2.03. The highest BCUT2D eigenvalue weighted by atomic mass is 79.9. The zero-order valence-electron chi connectivity index (χ0n) is 10.5. The van der Waals surface area contributed by atoms with Crippen molar-refractivity contribution in [2.45, 2.75) is 17.4 Å². The van der Waals surface area contributed by atoms with E-state index in [1.165, 1.54) is 18.7 Å². The molecule has 0 saturated carbocycles. The van der Waals surface area contributed by atoms with Crippen LogP contribution >= 0.6 is 55.0 Å². The van der Waals surface area contributed by atoms with Crippen LogP contribution < -0.4 is 5.32 Å². The maximum atomic E-state index is 3.60. The third-order valence-corrected chi connectivity index (χ3v) is 6.95. The molecule has 102 valence electrons. The van der Waals surface area contributed by atoms with Crippen molar-refractivity contribution in [2.24, 2.45) is 0 Å². The Bertz CT molecular complexity index is 528. The summed E-state index contributed by atoms with van der Waals surface area (Å²) in [5.74, 6) is 1.06. The number of benzene rings is 1. The van der Waals surface area contributed by atoms with Crippen molar-refractivity contribution in [3.8, 4) is 0 Å². The summed E-state index contributed by atoms with van der Waals surface area (Å²) in [6.07, 6.45) is 1.06. The maximum absolute atomic E-state index is 3.60.